The molecule has 2 aliphatic heterocycles. The molecule has 1 aromatic rings. The fourth-order valence-corrected chi connectivity index (χ4v) is 5.94. The van der Waals surface area contributed by atoms with E-state index in [1.807, 2.05) is 0 Å². The molecule has 2 fully saturated rings. The number of unbranched alkanes of at least 4 members (excludes halogenated alkanes) is 1. The summed E-state index contributed by atoms with van der Waals surface area (Å²) in [6.45, 7) is 16.0. The molecule has 32 heavy (non-hydrogen) atoms. The van der Waals surface area contributed by atoms with Crippen LogP contribution in [-0.4, -0.2) is 41.7 Å². The van der Waals surface area contributed by atoms with E-state index in [4.69, 9.17) is 14.3 Å². The number of piperidine rings is 1. The first-order chi connectivity index (χ1) is 15.3. The van der Waals surface area contributed by atoms with Gasteiger partial charge in [-0.1, -0.05) is 70.9 Å². The van der Waals surface area contributed by atoms with Crippen molar-refractivity contribution in [1.82, 2.24) is 5.06 Å². The minimum absolute atomic E-state index is 0.0892. The highest BCUT2D eigenvalue weighted by Crippen LogP contribution is 2.52. The van der Waals surface area contributed by atoms with Crippen molar-refractivity contribution in [3.63, 3.8) is 0 Å². The summed E-state index contributed by atoms with van der Waals surface area (Å²) >= 11 is 0. The van der Waals surface area contributed by atoms with E-state index in [-0.39, 0.29) is 16.5 Å². The van der Waals surface area contributed by atoms with E-state index in [2.05, 4.69) is 76.9 Å². The van der Waals surface area contributed by atoms with Crippen molar-refractivity contribution in [2.24, 2.45) is 5.41 Å². The molecule has 182 valence electrons. The van der Waals surface area contributed by atoms with Crippen LogP contribution in [0, 0.1) is 5.41 Å². The molecule has 0 atom stereocenters. The first-order valence-corrected chi connectivity index (χ1v) is 13.0. The maximum atomic E-state index is 6.72. The molecule has 0 bridgehead atoms. The largest absolute Gasteiger partial charge is 0.349 e. The Kier molecular flexibility index (Phi) is 8.46. The third-order valence-electron chi connectivity index (χ3n) is 8.14. The molecular formula is C28H47NO3. The molecule has 0 saturated carbocycles. The highest BCUT2D eigenvalue weighted by atomic mass is 16.7. The first kappa shape index (κ1) is 25.7. The van der Waals surface area contributed by atoms with Crippen LogP contribution in [-0.2, 0) is 20.7 Å². The van der Waals surface area contributed by atoms with Crippen LogP contribution in [0.15, 0.2) is 30.3 Å². The van der Waals surface area contributed by atoms with Gasteiger partial charge in [-0.3, -0.25) is 4.84 Å². The van der Waals surface area contributed by atoms with E-state index in [1.165, 1.54) is 24.8 Å². The molecule has 0 aliphatic carbocycles. The normalized spacial score (nSPS) is 29.9. The second kappa shape index (κ2) is 10.5. The number of nitrogens with zero attached hydrogens (tertiary/aromatic N) is 1. The van der Waals surface area contributed by atoms with Gasteiger partial charge in [0.05, 0.1) is 25.4 Å². The molecule has 0 unspecified atom stereocenters. The second-order valence-corrected chi connectivity index (χ2v) is 10.9. The standard InChI is InChI=1S/C28H47NO3/c1-7-11-18-26(8-2)22-30-28(31-23-26)20-25(5,6)29(27(9-3,10-4)21-28)32-19-17-24-15-13-12-14-16-24/h12-16H,7-11,17-23H2,1-6H3. The van der Waals surface area contributed by atoms with Crippen molar-refractivity contribution in [1.29, 1.82) is 0 Å². The molecule has 1 aromatic carbocycles. The topological polar surface area (TPSA) is 30.9 Å². The van der Waals surface area contributed by atoms with E-state index in [9.17, 15) is 0 Å². The summed E-state index contributed by atoms with van der Waals surface area (Å²) in [6, 6.07) is 10.6. The van der Waals surface area contributed by atoms with Gasteiger partial charge in [-0.15, -0.1) is 0 Å². The Hall–Kier alpha value is -0.940. The summed E-state index contributed by atoms with van der Waals surface area (Å²) in [5.74, 6) is -0.500. The van der Waals surface area contributed by atoms with Crippen LogP contribution >= 0.6 is 0 Å². The van der Waals surface area contributed by atoms with Crippen molar-refractivity contribution in [3.8, 4) is 0 Å². The highest BCUT2D eigenvalue weighted by molar-refractivity contribution is 5.14. The fraction of sp³-hybridized carbons (Fsp3) is 0.786. The zero-order valence-corrected chi connectivity index (χ0v) is 21.5. The second-order valence-electron chi connectivity index (χ2n) is 10.9. The van der Waals surface area contributed by atoms with Crippen molar-refractivity contribution < 1.29 is 14.3 Å². The van der Waals surface area contributed by atoms with Gasteiger partial charge < -0.3 is 9.47 Å². The lowest BCUT2D eigenvalue weighted by Crippen LogP contribution is -2.69. The molecule has 0 N–H and O–H groups in total. The molecule has 0 amide bonds. The Morgan fingerprint density at radius 3 is 2.12 bits per heavy atom. The summed E-state index contributed by atoms with van der Waals surface area (Å²) in [4.78, 5) is 6.57. The smallest absolute Gasteiger partial charge is 0.172 e. The number of ether oxygens (including phenoxy) is 2. The van der Waals surface area contributed by atoms with Gasteiger partial charge in [-0.2, -0.15) is 5.06 Å². The Morgan fingerprint density at radius 1 is 0.906 bits per heavy atom. The predicted molar refractivity (Wildman–Crippen MR) is 131 cm³/mol. The van der Waals surface area contributed by atoms with E-state index in [0.717, 1.165) is 51.7 Å². The Bertz CT molecular complexity index is 690. The summed E-state index contributed by atoms with van der Waals surface area (Å²) < 4.78 is 13.4. The van der Waals surface area contributed by atoms with Crippen LogP contribution in [0.25, 0.3) is 0 Å². The Labute approximate surface area is 197 Å². The van der Waals surface area contributed by atoms with Crippen LogP contribution in [0.3, 0.4) is 0 Å². The number of hydrogen-bond donors (Lipinski definition) is 0. The fourth-order valence-electron chi connectivity index (χ4n) is 5.94. The maximum Gasteiger partial charge on any atom is 0.172 e. The predicted octanol–water partition coefficient (Wildman–Crippen LogP) is 6.92. The van der Waals surface area contributed by atoms with Gasteiger partial charge >= 0.3 is 0 Å². The maximum absolute atomic E-state index is 6.72. The summed E-state index contributed by atoms with van der Waals surface area (Å²) in [7, 11) is 0. The van der Waals surface area contributed by atoms with E-state index in [0.29, 0.717) is 6.61 Å². The zero-order valence-electron chi connectivity index (χ0n) is 21.5. The lowest BCUT2D eigenvalue weighted by Gasteiger charge is -2.61. The van der Waals surface area contributed by atoms with E-state index in [1.54, 1.807) is 0 Å². The van der Waals surface area contributed by atoms with Gasteiger partial charge in [-0.05, 0) is 51.5 Å². The zero-order chi connectivity index (χ0) is 23.3. The highest BCUT2D eigenvalue weighted by Gasteiger charge is 2.59. The molecule has 2 aliphatic rings. The molecule has 4 nitrogen and oxygen atoms in total. The van der Waals surface area contributed by atoms with Gasteiger partial charge in [0.15, 0.2) is 5.79 Å². The first-order valence-electron chi connectivity index (χ1n) is 13.0. The molecule has 3 rings (SSSR count). The number of rotatable bonds is 10. The van der Waals surface area contributed by atoms with Gasteiger partial charge in [0.25, 0.3) is 0 Å². The third kappa shape index (κ3) is 5.41. The summed E-state index contributed by atoms with van der Waals surface area (Å²) in [5.41, 5.74) is 1.24. The molecule has 0 radical (unpaired) electrons. The van der Waals surface area contributed by atoms with Crippen LogP contribution in [0.1, 0.15) is 98.5 Å². The number of hydrogen-bond acceptors (Lipinski definition) is 4. The van der Waals surface area contributed by atoms with Gasteiger partial charge in [-0.25, -0.2) is 0 Å². The molecule has 0 aromatic heterocycles. The van der Waals surface area contributed by atoms with Crippen LogP contribution in [0.5, 0.6) is 0 Å². The lowest BCUT2D eigenvalue weighted by atomic mass is 9.72. The van der Waals surface area contributed by atoms with Crippen LogP contribution in [0.4, 0.5) is 0 Å². The number of benzene rings is 1. The molecule has 1 spiro atoms. The quantitative estimate of drug-likeness (QED) is 0.391. The third-order valence-corrected chi connectivity index (χ3v) is 8.14. The monoisotopic (exact) mass is 445 g/mol. The summed E-state index contributed by atoms with van der Waals surface area (Å²) in [6.07, 6.45) is 9.44. The molecular weight excluding hydrogens is 398 g/mol. The van der Waals surface area contributed by atoms with Gasteiger partial charge in [0, 0.05) is 23.8 Å². The van der Waals surface area contributed by atoms with Crippen molar-refractivity contribution in [2.45, 2.75) is 116 Å². The molecule has 4 heteroatoms. The number of hydroxylamine groups is 2. The van der Waals surface area contributed by atoms with E-state index >= 15 is 0 Å². The average molecular weight is 446 g/mol. The minimum Gasteiger partial charge on any atom is -0.349 e. The Balaban J connectivity index is 1.73. The van der Waals surface area contributed by atoms with Crippen molar-refractivity contribution in [2.75, 3.05) is 19.8 Å². The molecule has 2 saturated heterocycles. The molecule has 2 heterocycles. The van der Waals surface area contributed by atoms with Crippen molar-refractivity contribution in [3.05, 3.63) is 35.9 Å². The Morgan fingerprint density at radius 2 is 1.56 bits per heavy atom. The summed E-state index contributed by atoms with van der Waals surface area (Å²) in [5, 5.41) is 2.32. The SMILES string of the molecule is CCCCC1(CC)COC2(CC(C)(C)N(OCCc3ccccc3)C(CC)(CC)C2)OC1. The lowest BCUT2D eigenvalue weighted by molar-refractivity contribution is -0.388. The minimum atomic E-state index is -0.500. The van der Waals surface area contributed by atoms with Gasteiger partial charge in [0.1, 0.15) is 0 Å². The average Bonchev–Trinajstić information content (AvgIpc) is 2.80. The van der Waals surface area contributed by atoms with Crippen LogP contribution < -0.4 is 0 Å². The van der Waals surface area contributed by atoms with Crippen LogP contribution in [0.2, 0.25) is 0 Å². The van der Waals surface area contributed by atoms with E-state index < -0.39 is 5.79 Å². The van der Waals surface area contributed by atoms with Gasteiger partial charge in [0.2, 0.25) is 0 Å². The van der Waals surface area contributed by atoms with Crippen molar-refractivity contribution >= 4 is 0 Å².